The number of nitrogens with zero attached hydrogens (tertiary/aromatic N) is 1. The van der Waals surface area contributed by atoms with E-state index in [9.17, 15) is 4.79 Å². The van der Waals surface area contributed by atoms with Crippen molar-refractivity contribution in [2.24, 2.45) is 0 Å². The van der Waals surface area contributed by atoms with E-state index in [-0.39, 0.29) is 11.9 Å². The number of nitrogens with one attached hydrogen (secondary N) is 2. The molecule has 1 heterocycles. The molecule has 0 radical (unpaired) electrons. The van der Waals surface area contributed by atoms with Crippen LogP contribution in [0, 0.1) is 0 Å². The Morgan fingerprint density at radius 1 is 1.21 bits per heavy atom. The molecule has 0 aromatic rings. The quantitative estimate of drug-likeness (QED) is 0.627. The second kappa shape index (κ2) is 9.32. The lowest BCUT2D eigenvalue weighted by Gasteiger charge is -2.24. The molecule has 1 saturated heterocycles. The molecule has 1 aliphatic rings. The molecule has 1 aliphatic heterocycles. The molecular formula is C15H31N3O. The topological polar surface area (TPSA) is 44.4 Å². The standard InChI is InChI=1S/C15H31N3O/c1-4-5-6-9-16-15(19)14(3)17-13(2)12-18-10-7-8-11-18/h13-14,17H,4-12H2,1-3H3,(H,16,19). The van der Waals surface area contributed by atoms with Crippen LogP contribution in [0.3, 0.4) is 0 Å². The average Bonchev–Trinajstić information content (AvgIpc) is 2.86. The van der Waals surface area contributed by atoms with Gasteiger partial charge in [-0.15, -0.1) is 0 Å². The molecule has 1 rings (SSSR count). The van der Waals surface area contributed by atoms with E-state index in [1.165, 1.54) is 38.8 Å². The highest BCUT2D eigenvalue weighted by Crippen LogP contribution is 2.07. The van der Waals surface area contributed by atoms with Crippen molar-refractivity contribution in [1.29, 1.82) is 0 Å². The fourth-order valence-corrected chi connectivity index (χ4v) is 2.65. The maximum Gasteiger partial charge on any atom is 0.236 e. The minimum Gasteiger partial charge on any atom is -0.355 e. The molecule has 19 heavy (non-hydrogen) atoms. The first-order valence-electron chi connectivity index (χ1n) is 7.89. The van der Waals surface area contributed by atoms with Crippen molar-refractivity contribution >= 4 is 5.91 Å². The Labute approximate surface area is 118 Å². The largest absolute Gasteiger partial charge is 0.355 e. The summed E-state index contributed by atoms with van der Waals surface area (Å²) in [6, 6.07) is 0.272. The number of rotatable bonds is 9. The van der Waals surface area contributed by atoms with Crippen molar-refractivity contribution in [3.8, 4) is 0 Å². The summed E-state index contributed by atoms with van der Waals surface area (Å²) in [5.41, 5.74) is 0. The second-order valence-corrected chi connectivity index (χ2v) is 5.80. The fraction of sp³-hybridized carbons (Fsp3) is 0.933. The number of hydrogen-bond acceptors (Lipinski definition) is 3. The molecule has 112 valence electrons. The molecule has 0 saturated carbocycles. The molecule has 2 N–H and O–H groups in total. The van der Waals surface area contributed by atoms with E-state index in [4.69, 9.17) is 0 Å². The Bertz CT molecular complexity index is 252. The summed E-state index contributed by atoms with van der Waals surface area (Å²) in [4.78, 5) is 14.4. The fourth-order valence-electron chi connectivity index (χ4n) is 2.65. The number of amides is 1. The van der Waals surface area contributed by atoms with Gasteiger partial charge < -0.3 is 15.5 Å². The van der Waals surface area contributed by atoms with Gasteiger partial charge in [0, 0.05) is 19.1 Å². The highest BCUT2D eigenvalue weighted by Gasteiger charge is 2.18. The third-order valence-electron chi connectivity index (χ3n) is 3.74. The maximum atomic E-state index is 11.9. The number of likely N-dealkylation sites (tertiary alicyclic amines) is 1. The highest BCUT2D eigenvalue weighted by molar-refractivity contribution is 5.81. The summed E-state index contributed by atoms with van der Waals surface area (Å²) in [6.45, 7) is 10.6. The van der Waals surface area contributed by atoms with Gasteiger partial charge >= 0.3 is 0 Å². The van der Waals surface area contributed by atoms with Crippen molar-refractivity contribution in [3.05, 3.63) is 0 Å². The van der Waals surface area contributed by atoms with Crippen LogP contribution in [-0.2, 0) is 4.79 Å². The number of carbonyl (C=O) groups is 1. The smallest absolute Gasteiger partial charge is 0.236 e. The van der Waals surface area contributed by atoms with Crippen LogP contribution in [0.15, 0.2) is 0 Å². The molecule has 4 heteroatoms. The van der Waals surface area contributed by atoms with E-state index in [0.29, 0.717) is 6.04 Å². The number of hydrogen-bond donors (Lipinski definition) is 2. The zero-order chi connectivity index (χ0) is 14.1. The molecule has 0 spiro atoms. The summed E-state index contributed by atoms with van der Waals surface area (Å²) in [7, 11) is 0. The molecule has 0 bridgehead atoms. The van der Waals surface area contributed by atoms with Crippen molar-refractivity contribution in [2.75, 3.05) is 26.2 Å². The number of unbranched alkanes of at least 4 members (excludes halogenated alkanes) is 2. The Morgan fingerprint density at radius 3 is 2.53 bits per heavy atom. The van der Waals surface area contributed by atoms with Crippen molar-refractivity contribution in [3.63, 3.8) is 0 Å². The third-order valence-corrected chi connectivity index (χ3v) is 3.74. The Balaban J connectivity index is 2.13. The first-order chi connectivity index (χ1) is 9.13. The van der Waals surface area contributed by atoms with Crippen LogP contribution < -0.4 is 10.6 Å². The van der Waals surface area contributed by atoms with E-state index in [2.05, 4.69) is 29.4 Å². The van der Waals surface area contributed by atoms with E-state index in [1.54, 1.807) is 0 Å². The van der Waals surface area contributed by atoms with Crippen LogP contribution in [0.4, 0.5) is 0 Å². The SMILES string of the molecule is CCCCCNC(=O)C(C)NC(C)CN1CCCC1. The molecule has 2 unspecified atom stereocenters. The second-order valence-electron chi connectivity index (χ2n) is 5.80. The van der Waals surface area contributed by atoms with E-state index in [0.717, 1.165) is 19.5 Å². The van der Waals surface area contributed by atoms with E-state index < -0.39 is 0 Å². The maximum absolute atomic E-state index is 11.9. The lowest BCUT2D eigenvalue weighted by atomic mass is 10.2. The predicted octanol–water partition coefficient (Wildman–Crippen LogP) is 1.76. The van der Waals surface area contributed by atoms with Gasteiger partial charge in [0.05, 0.1) is 6.04 Å². The molecule has 1 fully saturated rings. The molecular weight excluding hydrogens is 238 g/mol. The van der Waals surface area contributed by atoms with Crippen molar-refractivity contribution in [2.45, 2.75) is 65.0 Å². The van der Waals surface area contributed by atoms with E-state index in [1.807, 2.05) is 6.92 Å². The minimum absolute atomic E-state index is 0.0979. The van der Waals surface area contributed by atoms with Gasteiger partial charge in [-0.05, 0) is 46.2 Å². The molecule has 4 nitrogen and oxygen atoms in total. The molecule has 1 amide bonds. The summed E-state index contributed by atoms with van der Waals surface area (Å²) in [5, 5.41) is 6.39. The van der Waals surface area contributed by atoms with Gasteiger partial charge in [-0.3, -0.25) is 4.79 Å². The minimum atomic E-state index is -0.0979. The van der Waals surface area contributed by atoms with Gasteiger partial charge in [-0.25, -0.2) is 0 Å². The Kier molecular flexibility index (Phi) is 8.07. The van der Waals surface area contributed by atoms with Gasteiger partial charge in [0.1, 0.15) is 0 Å². The third kappa shape index (κ3) is 6.92. The first kappa shape index (κ1) is 16.4. The summed E-state index contributed by atoms with van der Waals surface area (Å²) in [5.74, 6) is 0.129. The van der Waals surface area contributed by atoms with Crippen LogP contribution in [-0.4, -0.2) is 49.1 Å². The first-order valence-corrected chi connectivity index (χ1v) is 7.89. The zero-order valence-corrected chi connectivity index (χ0v) is 12.9. The van der Waals surface area contributed by atoms with Gasteiger partial charge in [0.2, 0.25) is 5.91 Å². The molecule has 2 atom stereocenters. The van der Waals surface area contributed by atoms with Crippen molar-refractivity contribution in [1.82, 2.24) is 15.5 Å². The zero-order valence-electron chi connectivity index (χ0n) is 12.9. The Morgan fingerprint density at radius 2 is 1.89 bits per heavy atom. The average molecular weight is 269 g/mol. The normalized spacial score (nSPS) is 19.3. The number of carbonyl (C=O) groups excluding carboxylic acids is 1. The lowest BCUT2D eigenvalue weighted by molar-refractivity contribution is -0.122. The summed E-state index contributed by atoms with van der Waals surface area (Å²) in [6.07, 6.45) is 6.10. The van der Waals surface area contributed by atoms with Crippen LogP contribution in [0.2, 0.25) is 0 Å². The van der Waals surface area contributed by atoms with Crippen LogP contribution in [0.1, 0.15) is 52.9 Å². The van der Waals surface area contributed by atoms with Crippen LogP contribution >= 0.6 is 0 Å². The summed E-state index contributed by atoms with van der Waals surface area (Å²) < 4.78 is 0. The lowest BCUT2D eigenvalue weighted by Crippen LogP contribution is -2.49. The van der Waals surface area contributed by atoms with Gasteiger partial charge in [0.15, 0.2) is 0 Å². The Hall–Kier alpha value is -0.610. The van der Waals surface area contributed by atoms with Crippen LogP contribution in [0.25, 0.3) is 0 Å². The summed E-state index contributed by atoms with van der Waals surface area (Å²) >= 11 is 0. The highest BCUT2D eigenvalue weighted by atomic mass is 16.2. The van der Waals surface area contributed by atoms with Gasteiger partial charge in [-0.1, -0.05) is 19.8 Å². The molecule has 0 aromatic heterocycles. The molecule has 0 aliphatic carbocycles. The van der Waals surface area contributed by atoms with Gasteiger partial charge in [0.25, 0.3) is 0 Å². The van der Waals surface area contributed by atoms with Gasteiger partial charge in [-0.2, -0.15) is 0 Å². The predicted molar refractivity (Wildman–Crippen MR) is 80.3 cm³/mol. The molecule has 0 aromatic carbocycles. The monoisotopic (exact) mass is 269 g/mol. The van der Waals surface area contributed by atoms with Crippen LogP contribution in [0.5, 0.6) is 0 Å². The van der Waals surface area contributed by atoms with Crippen molar-refractivity contribution < 1.29 is 4.79 Å². The van der Waals surface area contributed by atoms with E-state index >= 15 is 0 Å².